The van der Waals surface area contributed by atoms with Gasteiger partial charge in [0.2, 0.25) is 0 Å². The number of hydrogen-bond donors (Lipinski definition) is 0. The highest BCUT2D eigenvalue weighted by Crippen LogP contribution is 2.15. The molecule has 0 atom stereocenters. The van der Waals surface area contributed by atoms with Crippen LogP contribution in [0.4, 0.5) is 0 Å². The maximum Gasteiger partial charge on any atom is 0.298 e. The molecule has 0 amide bonds. The molecule has 0 aliphatic carbocycles. The number of rotatable bonds is 4. The topological polar surface area (TPSA) is 26.3 Å². The Morgan fingerprint density at radius 3 is 2.27 bits per heavy atom. The van der Waals surface area contributed by atoms with Gasteiger partial charge in [-0.3, -0.25) is 4.79 Å². The Morgan fingerprint density at radius 1 is 1.45 bits per heavy atom. The van der Waals surface area contributed by atoms with Crippen molar-refractivity contribution < 1.29 is 9.53 Å². The van der Waals surface area contributed by atoms with Crippen molar-refractivity contribution in [2.24, 2.45) is 0 Å². The Labute approximate surface area is 69.3 Å². The van der Waals surface area contributed by atoms with Crippen LogP contribution in [0.5, 0.6) is 0 Å². The SMILES string of the molecule is C/C=C(/C[Si](C)(C)C)OC=O. The molecule has 64 valence electrons. The number of carbonyl (C=O) groups excluding carboxylic acids is 1. The summed E-state index contributed by atoms with van der Waals surface area (Å²) in [5.74, 6) is 0.805. The first-order valence-corrected chi connectivity index (χ1v) is 7.46. The maximum atomic E-state index is 10.0. The molecule has 0 saturated heterocycles. The molecule has 0 rings (SSSR count). The first kappa shape index (κ1) is 10.4. The van der Waals surface area contributed by atoms with Crippen molar-refractivity contribution in [3.05, 3.63) is 11.8 Å². The quantitative estimate of drug-likeness (QED) is 0.370. The van der Waals surface area contributed by atoms with E-state index in [1.54, 1.807) is 0 Å². The van der Waals surface area contributed by atoms with Gasteiger partial charge >= 0.3 is 0 Å². The molecule has 0 aliphatic rings. The molecule has 0 radical (unpaired) electrons. The molecule has 3 heteroatoms. The summed E-state index contributed by atoms with van der Waals surface area (Å²) in [5.41, 5.74) is 0. The van der Waals surface area contributed by atoms with Crippen molar-refractivity contribution in [2.75, 3.05) is 0 Å². The number of allylic oxidation sites excluding steroid dienone is 2. The molecule has 0 saturated carbocycles. The molecule has 0 aromatic carbocycles. The molecular weight excluding hydrogens is 156 g/mol. The van der Waals surface area contributed by atoms with Crippen LogP contribution in [0.1, 0.15) is 6.92 Å². The molecule has 0 bridgehead atoms. The molecule has 0 fully saturated rings. The average molecular weight is 172 g/mol. The fourth-order valence-corrected chi connectivity index (χ4v) is 2.13. The first-order valence-electron chi connectivity index (χ1n) is 3.75. The second-order valence-corrected chi connectivity index (χ2v) is 9.18. The standard InChI is InChI=1S/C8H16O2Si/c1-5-8(10-7-9)6-11(2,3)4/h5,7H,6H2,1-4H3/b8-5-. The molecule has 0 N–H and O–H groups in total. The van der Waals surface area contributed by atoms with E-state index in [1.165, 1.54) is 0 Å². The lowest BCUT2D eigenvalue weighted by molar-refractivity contribution is -0.125. The van der Waals surface area contributed by atoms with Gasteiger partial charge in [0.05, 0.1) is 8.07 Å². The summed E-state index contributed by atoms with van der Waals surface area (Å²) in [4.78, 5) is 10.0. The molecule has 11 heavy (non-hydrogen) atoms. The highest BCUT2D eigenvalue weighted by atomic mass is 28.3. The van der Waals surface area contributed by atoms with Gasteiger partial charge in [0.15, 0.2) is 0 Å². The van der Waals surface area contributed by atoms with Gasteiger partial charge in [-0.2, -0.15) is 0 Å². The van der Waals surface area contributed by atoms with Crippen molar-refractivity contribution in [1.82, 2.24) is 0 Å². The van der Waals surface area contributed by atoms with Crippen molar-refractivity contribution in [3.8, 4) is 0 Å². The fourth-order valence-electron chi connectivity index (χ4n) is 0.796. The molecular formula is C8H16O2Si. The van der Waals surface area contributed by atoms with Crippen LogP contribution in [0, 0.1) is 0 Å². The summed E-state index contributed by atoms with van der Waals surface area (Å²) in [5, 5.41) is 0. The molecule has 2 nitrogen and oxygen atoms in total. The van der Waals surface area contributed by atoms with Gasteiger partial charge in [-0.1, -0.05) is 19.6 Å². The zero-order chi connectivity index (χ0) is 8.91. The third kappa shape index (κ3) is 5.85. The predicted octanol–water partition coefficient (Wildman–Crippen LogP) is 2.40. The van der Waals surface area contributed by atoms with Crippen molar-refractivity contribution >= 4 is 14.5 Å². The van der Waals surface area contributed by atoms with Gasteiger partial charge in [0.1, 0.15) is 5.76 Å². The van der Waals surface area contributed by atoms with E-state index < -0.39 is 8.07 Å². The van der Waals surface area contributed by atoms with E-state index in [4.69, 9.17) is 4.74 Å². The van der Waals surface area contributed by atoms with E-state index in [0.29, 0.717) is 6.47 Å². The molecule has 0 unspecified atom stereocenters. The van der Waals surface area contributed by atoms with Crippen molar-refractivity contribution in [2.45, 2.75) is 32.6 Å². The average Bonchev–Trinajstić information content (AvgIpc) is 1.84. The summed E-state index contributed by atoms with van der Waals surface area (Å²) in [6, 6.07) is 0.933. The van der Waals surface area contributed by atoms with E-state index >= 15 is 0 Å². The van der Waals surface area contributed by atoms with Crippen molar-refractivity contribution in [3.63, 3.8) is 0 Å². The summed E-state index contributed by atoms with van der Waals surface area (Å²) in [7, 11) is -1.13. The van der Waals surface area contributed by atoms with Gasteiger partial charge in [-0.05, 0) is 13.0 Å². The van der Waals surface area contributed by atoms with Crippen LogP contribution < -0.4 is 0 Å². The second-order valence-electron chi connectivity index (χ2n) is 3.71. The molecule has 0 spiro atoms. The predicted molar refractivity (Wildman–Crippen MR) is 49.1 cm³/mol. The van der Waals surface area contributed by atoms with Gasteiger partial charge < -0.3 is 4.74 Å². The van der Waals surface area contributed by atoms with Crippen LogP contribution in [0.25, 0.3) is 0 Å². The van der Waals surface area contributed by atoms with E-state index in [-0.39, 0.29) is 0 Å². The monoisotopic (exact) mass is 172 g/mol. The third-order valence-corrected chi connectivity index (χ3v) is 2.64. The highest BCUT2D eigenvalue weighted by molar-refractivity contribution is 6.76. The fraction of sp³-hybridized carbons (Fsp3) is 0.625. The summed E-state index contributed by atoms with van der Waals surface area (Å²) in [6.07, 6.45) is 1.85. The smallest absolute Gasteiger partial charge is 0.298 e. The molecule has 0 heterocycles. The Balaban J connectivity index is 4.00. The van der Waals surface area contributed by atoms with Crippen LogP contribution in [0.2, 0.25) is 25.7 Å². The highest BCUT2D eigenvalue weighted by Gasteiger charge is 2.15. The van der Waals surface area contributed by atoms with Crippen LogP contribution in [-0.2, 0) is 9.53 Å². The summed E-state index contributed by atoms with van der Waals surface area (Å²) >= 11 is 0. The van der Waals surface area contributed by atoms with E-state index in [9.17, 15) is 4.79 Å². The Morgan fingerprint density at radius 2 is 2.00 bits per heavy atom. The third-order valence-electron chi connectivity index (χ3n) is 1.23. The second kappa shape index (κ2) is 4.33. The van der Waals surface area contributed by atoms with Gasteiger partial charge in [-0.15, -0.1) is 0 Å². The van der Waals surface area contributed by atoms with E-state index in [1.807, 2.05) is 13.0 Å². The Kier molecular flexibility index (Phi) is 4.11. The largest absolute Gasteiger partial charge is 0.434 e. The number of ether oxygens (including phenoxy) is 1. The molecule has 0 aromatic rings. The lowest BCUT2D eigenvalue weighted by Crippen LogP contribution is -2.20. The van der Waals surface area contributed by atoms with Crippen LogP contribution in [-0.4, -0.2) is 14.5 Å². The summed E-state index contributed by atoms with van der Waals surface area (Å²) in [6.45, 7) is 9.11. The van der Waals surface area contributed by atoms with Gasteiger partial charge in [0, 0.05) is 6.04 Å². The molecule has 0 aromatic heterocycles. The van der Waals surface area contributed by atoms with Gasteiger partial charge in [-0.25, -0.2) is 0 Å². The first-order chi connectivity index (χ1) is 4.99. The Hall–Kier alpha value is -0.573. The van der Waals surface area contributed by atoms with Gasteiger partial charge in [0.25, 0.3) is 6.47 Å². The van der Waals surface area contributed by atoms with Crippen molar-refractivity contribution in [1.29, 1.82) is 0 Å². The van der Waals surface area contributed by atoms with E-state index in [0.717, 1.165) is 11.8 Å². The zero-order valence-corrected chi connectivity index (χ0v) is 8.68. The van der Waals surface area contributed by atoms with Crippen LogP contribution >= 0.6 is 0 Å². The maximum absolute atomic E-state index is 10.0. The Bertz CT molecular complexity index is 156. The molecule has 0 aliphatic heterocycles. The number of hydrogen-bond acceptors (Lipinski definition) is 2. The van der Waals surface area contributed by atoms with Crippen LogP contribution in [0.3, 0.4) is 0 Å². The minimum absolute atomic E-state index is 0.496. The minimum Gasteiger partial charge on any atom is -0.434 e. The lowest BCUT2D eigenvalue weighted by Gasteiger charge is -2.16. The minimum atomic E-state index is -1.13. The number of carbonyl (C=O) groups is 1. The lowest BCUT2D eigenvalue weighted by atomic mass is 10.5. The zero-order valence-electron chi connectivity index (χ0n) is 7.68. The van der Waals surface area contributed by atoms with Crippen LogP contribution in [0.15, 0.2) is 11.8 Å². The normalized spacial score (nSPS) is 12.9. The van der Waals surface area contributed by atoms with E-state index in [2.05, 4.69) is 19.6 Å². The summed E-state index contributed by atoms with van der Waals surface area (Å²) < 4.78 is 4.78.